The number of hydrogen-bond acceptors (Lipinski definition) is 2. The van der Waals surface area contributed by atoms with Gasteiger partial charge >= 0.3 is 0 Å². The normalized spacial score (nSPS) is 14.9. The van der Waals surface area contributed by atoms with Crippen molar-refractivity contribution in [2.45, 2.75) is 26.2 Å². The van der Waals surface area contributed by atoms with E-state index in [0.717, 1.165) is 35.9 Å². The number of aromatic nitrogens is 1. The third kappa shape index (κ3) is 4.34. The van der Waals surface area contributed by atoms with Crippen LogP contribution in [-0.4, -0.2) is 41.3 Å². The second kappa shape index (κ2) is 8.52. The molecule has 5 heteroatoms. The number of benzene rings is 2. The molecule has 1 aromatic heterocycles. The molecule has 0 spiro atoms. The lowest BCUT2D eigenvalue weighted by atomic mass is 9.95. The Morgan fingerprint density at radius 1 is 1.10 bits per heavy atom. The zero-order chi connectivity index (χ0) is 20.2. The molecule has 1 fully saturated rings. The fraction of sp³-hybridized carbons (Fsp3) is 0.333. The van der Waals surface area contributed by atoms with E-state index in [2.05, 4.69) is 22.4 Å². The molecule has 0 saturated carbocycles. The molecule has 29 heavy (non-hydrogen) atoms. The molecule has 2 N–H and O–H groups in total. The number of carbonyl (C=O) groups is 2. The number of H-pyrrole nitrogens is 1. The van der Waals surface area contributed by atoms with Crippen LogP contribution in [0.15, 0.2) is 54.7 Å². The summed E-state index contributed by atoms with van der Waals surface area (Å²) in [7, 11) is 0. The third-order valence-electron chi connectivity index (χ3n) is 5.79. The van der Waals surface area contributed by atoms with Gasteiger partial charge in [0.25, 0.3) is 5.91 Å². The predicted molar refractivity (Wildman–Crippen MR) is 115 cm³/mol. The van der Waals surface area contributed by atoms with Crippen LogP contribution in [-0.2, 0) is 11.2 Å². The molecule has 4 rings (SSSR count). The van der Waals surface area contributed by atoms with Crippen molar-refractivity contribution in [2.75, 3.05) is 19.6 Å². The lowest BCUT2D eigenvalue weighted by Crippen LogP contribution is -2.43. The molecule has 0 aliphatic carbocycles. The third-order valence-corrected chi connectivity index (χ3v) is 5.79. The van der Waals surface area contributed by atoms with Gasteiger partial charge in [0.15, 0.2) is 0 Å². The molecule has 5 nitrogen and oxygen atoms in total. The molecule has 1 aliphatic rings. The monoisotopic (exact) mass is 389 g/mol. The molecule has 150 valence electrons. The standard InChI is InChI=1S/C24H27N3O2/c1-17-5-4-6-19(15-17)24(29)27-13-10-18(11-14-27)23(28)25-12-9-20-16-26-22-8-3-2-7-21(20)22/h2-8,15-16,18,26H,9-14H2,1H3,(H,25,28). The SMILES string of the molecule is Cc1cccc(C(=O)N2CCC(C(=O)NCCc3c[nH]c4ccccc34)CC2)c1. The number of fused-ring (bicyclic) bond motifs is 1. The van der Waals surface area contributed by atoms with Gasteiger partial charge in [-0.3, -0.25) is 9.59 Å². The van der Waals surface area contributed by atoms with Gasteiger partial charge < -0.3 is 15.2 Å². The Morgan fingerprint density at radius 3 is 2.69 bits per heavy atom. The molecule has 2 heterocycles. The van der Waals surface area contributed by atoms with Crippen molar-refractivity contribution in [2.24, 2.45) is 5.92 Å². The highest BCUT2D eigenvalue weighted by Crippen LogP contribution is 2.20. The Bertz CT molecular complexity index is 1020. The number of nitrogens with one attached hydrogen (secondary N) is 2. The first-order chi connectivity index (χ1) is 14.1. The molecule has 3 aromatic rings. The average Bonchev–Trinajstić information content (AvgIpc) is 3.16. The van der Waals surface area contributed by atoms with E-state index in [1.54, 1.807) is 0 Å². The van der Waals surface area contributed by atoms with E-state index >= 15 is 0 Å². The summed E-state index contributed by atoms with van der Waals surface area (Å²) >= 11 is 0. The Morgan fingerprint density at radius 2 is 1.90 bits per heavy atom. The number of piperidine rings is 1. The minimum absolute atomic E-state index is 0.0143. The summed E-state index contributed by atoms with van der Waals surface area (Å²) in [5, 5.41) is 4.29. The van der Waals surface area contributed by atoms with Gasteiger partial charge in [-0.25, -0.2) is 0 Å². The number of aryl methyl sites for hydroxylation is 1. The van der Waals surface area contributed by atoms with Gasteiger partial charge in [0, 0.05) is 48.2 Å². The summed E-state index contributed by atoms with van der Waals surface area (Å²) in [4.78, 5) is 30.4. The second-order valence-electron chi connectivity index (χ2n) is 7.84. The smallest absolute Gasteiger partial charge is 0.253 e. The number of likely N-dealkylation sites (tertiary alicyclic amines) is 1. The first kappa shape index (κ1) is 19.2. The van der Waals surface area contributed by atoms with Crippen LogP contribution in [0.2, 0.25) is 0 Å². The number of nitrogens with zero attached hydrogens (tertiary/aromatic N) is 1. The van der Waals surface area contributed by atoms with Crippen molar-refractivity contribution in [3.05, 3.63) is 71.4 Å². The minimum atomic E-state index is -0.0143. The highest BCUT2D eigenvalue weighted by atomic mass is 16.2. The van der Waals surface area contributed by atoms with Crippen LogP contribution in [0.5, 0.6) is 0 Å². The van der Waals surface area contributed by atoms with Crippen molar-refractivity contribution >= 4 is 22.7 Å². The Labute approximate surface area is 171 Å². The van der Waals surface area contributed by atoms with Crippen LogP contribution in [0.25, 0.3) is 10.9 Å². The van der Waals surface area contributed by atoms with Crippen LogP contribution in [0.1, 0.15) is 34.3 Å². The van der Waals surface area contributed by atoms with E-state index in [-0.39, 0.29) is 17.7 Å². The van der Waals surface area contributed by atoms with E-state index in [0.29, 0.717) is 19.6 Å². The van der Waals surface area contributed by atoms with E-state index in [1.807, 2.05) is 54.4 Å². The van der Waals surface area contributed by atoms with Crippen molar-refractivity contribution in [3.8, 4) is 0 Å². The van der Waals surface area contributed by atoms with Crippen LogP contribution < -0.4 is 5.32 Å². The van der Waals surface area contributed by atoms with Crippen molar-refractivity contribution in [3.63, 3.8) is 0 Å². The highest BCUT2D eigenvalue weighted by molar-refractivity contribution is 5.94. The van der Waals surface area contributed by atoms with Gasteiger partial charge in [0.1, 0.15) is 0 Å². The maximum Gasteiger partial charge on any atom is 0.253 e. The van der Waals surface area contributed by atoms with E-state index in [4.69, 9.17) is 0 Å². The lowest BCUT2D eigenvalue weighted by Gasteiger charge is -2.31. The molecule has 1 saturated heterocycles. The number of carbonyl (C=O) groups excluding carboxylic acids is 2. The van der Waals surface area contributed by atoms with E-state index in [1.165, 1.54) is 10.9 Å². The van der Waals surface area contributed by atoms with Crippen LogP contribution in [0.3, 0.4) is 0 Å². The summed E-state index contributed by atoms with van der Waals surface area (Å²) in [5.74, 6) is 0.152. The summed E-state index contributed by atoms with van der Waals surface area (Å²) in [6.07, 6.45) is 4.26. The zero-order valence-electron chi connectivity index (χ0n) is 16.8. The van der Waals surface area contributed by atoms with Crippen molar-refractivity contribution in [1.82, 2.24) is 15.2 Å². The number of amides is 2. The molecule has 1 aliphatic heterocycles. The molecule has 0 unspecified atom stereocenters. The molecular formula is C24H27N3O2. The molecule has 0 radical (unpaired) electrons. The van der Waals surface area contributed by atoms with Gasteiger partial charge in [-0.15, -0.1) is 0 Å². The summed E-state index contributed by atoms with van der Waals surface area (Å²) in [6.45, 7) is 3.88. The van der Waals surface area contributed by atoms with Crippen LogP contribution in [0, 0.1) is 12.8 Å². The predicted octanol–water partition coefficient (Wildman–Crippen LogP) is 3.69. The molecular weight excluding hydrogens is 362 g/mol. The Balaban J connectivity index is 1.25. The maximum atomic E-state index is 12.7. The van der Waals surface area contributed by atoms with Crippen LogP contribution in [0.4, 0.5) is 0 Å². The fourth-order valence-electron chi connectivity index (χ4n) is 4.11. The van der Waals surface area contributed by atoms with Crippen LogP contribution >= 0.6 is 0 Å². The quantitative estimate of drug-likeness (QED) is 0.699. The average molecular weight is 389 g/mol. The van der Waals surface area contributed by atoms with Gasteiger partial charge in [0.2, 0.25) is 5.91 Å². The van der Waals surface area contributed by atoms with Crippen molar-refractivity contribution in [1.29, 1.82) is 0 Å². The summed E-state index contributed by atoms with van der Waals surface area (Å²) in [5.41, 5.74) is 4.16. The second-order valence-corrected chi connectivity index (χ2v) is 7.84. The summed E-state index contributed by atoms with van der Waals surface area (Å²) < 4.78 is 0. The van der Waals surface area contributed by atoms with E-state index < -0.39 is 0 Å². The summed E-state index contributed by atoms with van der Waals surface area (Å²) in [6, 6.07) is 15.9. The van der Waals surface area contributed by atoms with Gasteiger partial charge in [0.05, 0.1) is 0 Å². The number of aromatic amines is 1. The fourth-order valence-corrected chi connectivity index (χ4v) is 4.11. The Kier molecular flexibility index (Phi) is 5.65. The van der Waals surface area contributed by atoms with Crippen molar-refractivity contribution < 1.29 is 9.59 Å². The Hall–Kier alpha value is -3.08. The lowest BCUT2D eigenvalue weighted by molar-refractivity contribution is -0.126. The topological polar surface area (TPSA) is 65.2 Å². The minimum Gasteiger partial charge on any atom is -0.361 e. The van der Waals surface area contributed by atoms with Gasteiger partial charge in [-0.1, -0.05) is 35.9 Å². The maximum absolute atomic E-state index is 12.7. The largest absolute Gasteiger partial charge is 0.361 e. The molecule has 2 amide bonds. The first-order valence-corrected chi connectivity index (χ1v) is 10.3. The van der Waals surface area contributed by atoms with Gasteiger partial charge in [-0.2, -0.15) is 0 Å². The number of rotatable bonds is 5. The number of para-hydroxylation sites is 1. The molecule has 2 aromatic carbocycles. The zero-order valence-corrected chi connectivity index (χ0v) is 16.8. The van der Waals surface area contributed by atoms with E-state index in [9.17, 15) is 9.59 Å². The molecule has 0 atom stereocenters. The highest BCUT2D eigenvalue weighted by Gasteiger charge is 2.27. The first-order valence-electron chi connectivity index (χ1n) is 10.3. The van der Waals surface area contributed by atoms with Gasteiger partial charge in [-0.05, 0) is 49.9 Å². The molecule has 0 bridgehead atoms. The number of hydrogen-bond donors (Lipinski definition) is 2.